The van der Waals surface area contributed by atoms with Gasteiger partial charge in [-0.3, -0.25) is 4.79 Å². The number of thiazole rings is 1. The summed E-state index contributed by atoms with van der Waals surface area (Å²) in [6, 6.07) is 8.80. The molecule has 2 rings (SSSR count). The molecule has 0 radical (unpaired) electrons. The first-order valence-corrected chi connectivity index (χ1v) is 8.45. The molecule has 1 amide bonds. The Labute approximate surface area is 131 Å². The molecule has 1 N–H and O–H groups in total. The number of hydrogen-bond acceptors (Lipinski definition) is 5. The van der Waals surface area contributed by atoms with Gasteiger partial charge in [0.2, 0.25) is 5.91 Å². The zero-order valence-corrected chi connectivity index (χ0v) is 13.4. The standard InChI is InChI=1S/C12H12ClN3O3S2/c1-16(21(18,19)11-7-14-12(13)20-11)8-10(17)15-9-5-3-2-4-6-9/h2-7H,8H2,1H3,(H,15,17). The normalized spacial score (nSPS) is 11.6. The fourth-order valence-electron chi connectivity index (χ4n) is 1.52. The first-order valence-electron chi connectivity index (χ1n) is 5.82. The third-order valence-electron chi connectivity index (χ3n) is 2.54. The second-order valence-electron chi connectivity index (χ2n) is 4.11. The Hall–Kier alpha value is -1.48. The molecule has 6 nitrogen and oxygen atoms in total. The third-order valence-corrected chi connectivity index (χ3v) is 5.90. The molecule has 1 heterocycles. The molecule has 0 unspecified atom stereocenters. The molecule has 0 atom stereocenters. The van der Waals surface area contributed by atoms with Crippen LogP contribution in [0.15, 0.2) is 40.7 Å². The van der Waals surface area contributed by atoms with Gasteiger partial charge < -0.3 is 5.32 Å². The van der Waals surface area contributed by atoms with Gasteiger partial charge in [0.25, 0.3) is 10.0 Å². The van der Waals surface area contributed by atoms with Crippen molar-refractivity contribution in [3.63, 3.8) is 0 Å². The number of carbonyl (C=O) groups is 1. The van der Waals surface area contributed by atoms with E-state index in [1.54, 1.807) is 24.3 Å². The monoisotopic (exact) mass is 345 g/mol. The van der Waals surface area contributed by atoms with Gasteiger partial charge >= 0.3 is 0 Å². The number of rotatable bonds is 5. The maximum Gasteiger partial charge on any atom is 0.254 e. The van der Waals surface area contributed by atoms with Crippen LogP contribution in [0.5, 0.6) is 0 Å². The molecule has 0 spiro atoms. The summed E-state index contributed by atoms with van der Waals surface area (Å²) in [7, 11) is -2.43. The average molecular weight is 346 g/mol. The molecule has 0 bridgehead atoms. The minimum Gasteiger partial charge on any atom is -0.325 e. The third kappa shape index (κ3) is 4.01. The Morgan fingerprint density at radius 1 is 1.38 bits per heavy atom. The lowest BCUT2D eigenvalue weighted by atomic mass is 10.3. The molecule has 1 aromatic carbocycles. The van der Waals surface area contributed by atoms with E-state index in [1.165, 1.54) is 13.2 Å². The van der Waals surface area contributed by atoms with Crippen LogP contribution in [0.2, 0.25) is 4.47 Å². The highest BCUT2D eigenvalue weighted by atomic mass is 35.5. The molecule has 2 aromatic rings. The highest BCUT2D eigenvalue weighted by Gasteiger charge is 2.25. The highest BCUT2D eigenvalue weighted by molar-refractivity contribution is 7.91. The van der Waals surface area contributed by atoms with Crippen LogP contribution >= 0.6 is 22.9 Å². The number of carbonyl (C=O) groups excluding carboxylic acids is 1. The maximum absolute atomic E-state index is 12.2. The molecule has 21 heavy (non-hydrogen) atoms. The first kappa shape index (κ1) is 15.9. The average Bonchev–Trinajstić information content (AvgIpc) is 2.87. The van der Waals surface area contributed by atoms with Crippen molar-refractivity contribution in [2.75, 3.05) is 18.9 Å². The van der Waals surface area contributed by atoms with Crippen molar-refractivity contribution in [3.05, 3.63) is 41.0 Å². The molecular weight excluding hydrogens is 334 g/mol. The molecule has 9 heteroatoms. The number of nitrogens with zero attached hydrogens (tertiary/aromatic N) is 2. The largest absolute Gasteiger partial charge is 0.325 e. The Kier molecular flexibility index (Phi) is 4.94. The summed E-state index contributed by atoms with van der Waals surface area (Å²) < 4.78 is 25.5. The summed E-state index contributed by atoms with van der Waals surface area (Å²) in [4.78, 5) is 15.5. The van der Waals surface area contributed by atoms with Gasteiger partial charge in [0, 0.05) is 12.7 Å². The van der Waals surface area contributed by atoms with Crippen LogP contribution < -0.4 is 5.32 Å². The second kappa shape index (κ2) is 6.52. The van der Waals surface area contributed by atoms with Crippen molar-refractivity contribution in [3.8, 4) is 0 Å². The van der Waals surface area contributed by atoms with E-state index < -0.39 is 15.9 Å². The van der Waals surface area contributed by atoms with Gasteiger partial charge in [0.05, 0.1) is 12.7 Å². The molecule has 0 aliphatic carbocycles. The molecule has 0 fully saturated rings. The van der Waals surface area contributed by atoms with Gasteiger partial charge in [-0.25, -0.2) is 13.4 Å². The van der Waals surface area contributed by atoms with Crippen molar-refractivity contribution in [1.82, 2.24) is 9.29 Å². The Bertz CT molecular complexity index is 731. The number of benzene rings is 1. The summed E-state index contributed by atoms with van der Waals surface area (Å²) in [5.41, 5.74) is 0.606. The lowest BCUT2D eigenvalue weighted by Crippen LogP contribution is -2.34. The minimum absolute atomic E-state index is 0.00233. The van der Waals surface area contributed by atoms with Gasteiger partial charge in [-0.05, 0) is 12.1 Å². The summed E-state index contributed by atoms with van der Waals surface area (Å²) in [5.74, 6) is -0.428. The van der Waals surface area contributed by atoms with Gasteiger partial charge in [0.15, 0.2) is 8.68 Å². The number of hydrogen-bond donors (Lipinski definition) is 1. The van der Waals surface area contributed by atoms with E-state index in [0.717, 1.165) is 15.6 Å². The van der Waals surface area contributed by atoms with E-state index in [-0.39, 0.29) is 15.2 Å². The summed E-state index contributed by atoms with van der Waals surface area (Å²) in [5, 5.41) is 2.62. The van der Waals surface area contributed by atoms with E-state index in [1.807, 2.05) is 6.07 Å². The van der Waals surface area contributed by atoms with Gasteiger partial charge in [0.1, 0.15) is 0 Å². The fourth-order valence-corrected chi connectivity index (χ4v) is 4.15. The number of nitrogens with one attached hydrogen (secondary N) is 1. The fraction of sp³-hybridized carbons (Fsp3) is 0.167. The number of anilines is 1. The van der Waals surface area contributed by atoms with Crippen molar-refractivity contribution in [2.45, 2.75) is 4.21 Å². The van der Waals surface area contributed by atoms with E-state index in [0.29, 0.717) is 5.69 Å². The number of para-hydroxylation sites is 1. The zero-order chi connectivity index (χ0) is 15.5. The lowest BCUT2D eigenvalue weighted by molar-refractivity contribution is -0.116. The summed E-state index contributed by atoms with van der Waals surface area (Å²) in [6.45, 7) is -0.299. The van der Waals surface area contributed by atoms with Crippen molar-refractivity contribution in [1.29, 1.82) is 0 Å². The van der Waals surface area contributed by atoms with Crippen molar-refractivity contribution >= 4 is 44.6 Å². The van der Waals surface area contributed by atoms with Crippen molar-refractivity contribution in [2.24, 2.45) is 0 Å². The van der Waals surface area contributed by atoms with E-state index >= 15 is 0 Å². The Morgan fingerprint density at radius 3 is 2.62 bits per heavy atom. The minimum atomic E-state index is -3.76. The van der Waals surface area contributed by atoms with E-state index in [4.69, 9.17) is 11.6 Å². The molecule has 1 aromatic heterocycles. The highest BCUT2D eigenvalue weighted by Crippen LogP contribution is 2.24. The van der Waals surface area contributed by atoms with E-state index in [2.05, 4.69) is 10.3 Å². The quantitative estimate of drug-likeness (QED) is 0.899. The van der Waals surface area contributed by atoms with Crippen LogP contribution in [-0.4, -0.2) is 37.2 Å². The van der Waals surface area contributed by atoms with Crippen LogP contribution in [0, 0.1) is 0 Å². The van der Waals surface area contributed by atoms with Gasteiger partial charge in [-0.2, -0.15) is 4.31 Å². The Morgan fingerprint density at radius 2 is 2.05 bits per heavy atom. The SMILES string of the molecule is CN(CC(=O)Nc1ccccc1)S(=O)(=O)c1cnc(Cl)s1. The lowest BCUT2D eigenvalue weighted by Gasteiger charge is -2.15. The molecule has 112 valence electrons. The number of likely N-dealkylation sites (N-methyl/N-ethyl adjacent to an activating group) is 1. The number of aromatic nitrogens is 1. The second-order valence-corrected chi connectivity index (χ2v) is 7.99. The van der Waals surface area contributed by atoms with Crippen LogP contribution in [0.3, 0.4) is 0 Å². The Balaban J connectivity index is 2.04. The first-order chi connectivity index (χ1) is 9.89. The smallest absolute Gasteiger partial charge is 0.254 e. The maximum atomic E-state index is 12.2. The predicted octanol–water partition coefficient (Wildman–Crippen LogP) is 2.06. The van der Waals surface area contributed by atoms with Gasteiger partial charge in [-0.15, -0.1) is 0 Å². The van der Waals surface area contributed by atoms with Crippen molar-refractivity contribution < 1.29 is 13.2 Å². The molecular formula is C12H12ClN3O3S2. The molecule has 0 aliphatic heterocycles. The number of amides is 1. The summed E-state index contributed by atoms with van der Waals surface area (Å²) in [6.07, 6.45) is 1.17. The molecule has 0 saturated heterocycles. The number of halogens is 1. The van der Waals surface area contributed by atoms with E-state index in [9.17, 15) is 13.2 Å². The van der Waals surface area contributed by atoms with Crippen LogP contribution in [0.4, 0.5) is 5.69 Å². The van der Waals surface area contributed by atoms with Crippen LogP contribution in [0.25, 0.3) is 0 Å². The number of sulfonamides is 1. The topological polar surface area (TPSA) is 79.4 Å². The summed E-state index contributed by atoms with van der Waals surface area (Å²) >= 11 is 6.48. The van der Waals surface area contributed by atoms with Crippen LogP contribution in [-0.2, 0) is 14.8 Å². The van der Waals surface area contributed by atoms with Crippen LogP contribution in [0.1, 0.15) is 0 Å². The molecule has 0 saturated carbocycles. The van der Waals surface area contributed by atoms with Gasteiger partial charge in [-0.1, -0.05) is 41.1 Å². The zero-order valence-electron chi connectivity index (χ0n) is 11.0. The predicted molar refractivity (Wildman–Crippen MR) is 82.0 cm³/mol. The molecule has 0 aliphatic rings.